The van der Waals surface area contributed by atoms with Crippen LogP contribution in [0, 0.1) is 35.0 Å². The quantitative estimate of drug-likeness (QED) is 0.737. The average molecular weight is 308 g/mol. The van der Waals surface area contributed by atoms with Gasteiger partial charge >= 0.3 is 0 Å². The lowest BCUT2D eigenvalue weighted by atomic mass is 9.49. The van der Waals surface area contributed by atoms with Crippen LogP contribution in [0.25, 0.3) is 0 Å². The Hall–Kier alpha value is -0.440. The van der Waals surface area contributed by atoms with Crippen molar-refractivity contribution in [1.82, 2.24) is 0 Å². The second-order valence-corrected chi connectivity index (χ2v) is 9.07. The molecule has 0 aromatic carbocycles. The molecule has 0 aliphatic heterocycles. The monoisotopic (exact) mass is 308 g/mol. The Morgan fingerprint density at radius 3 is 2.68 bits per heavy atom. The van der Waals surface area contributed by atoms with Crippen LogP contribution in [0.15, 0.2) is 0 Å². The summed E-state index contributed by atoms with van der Waals surface area (Å²) in [4.78, 5) is 11.7. The predicted molar refractivity (Wildman–Crippen MR) is 83.0 cm³/mol. The third-order valence-electron chi connectivity index (χ3n) is 8.29. The molecule has 22 heavy (non-hydrogen) atoms. The topological polar surface area (TPSA) is 37.3 Å². The van der Waals surface area contributed by atoms with Gasteiger partial charge < -0.3 is 5.11 Å². The first kappa shape index (κ1) is 15.1. The molecule has 0 heterocycles. The van der Waals surface area contributed by atoms with Crippen LogP contribution < -0.4 is 0 Å². The lowest BCUT2D eigenvalue weighted by Crippen LogP contribution is -2.55. The van der Waals surface area contributed by atoms with Gasteiger partial charge in [0, 0.05) is 12.8 Å². The SMILES string of the molecule is C[C@]1(O)CC[C@H]2[C@H]3[C@H](CC[C@@]21C)[C@H]1CCC(=O)C[C@@H]1C[C@H]3F. The Bertz CT molecular complexity index is 488. The molecule has 0 aromatic rings. The summed E-state index contributed by atoms with van der Waals surface area (Å²) >= 11 is 0. The Morgan fingerprint density at radius 1 is 1.14 bits per heavy atom. The van der Waals surface area contributed by atoms with Gasteiger partial charge in [0.25, 0.3) is 0 Å². The average Bonchev–Trinajstić information content (AvgIpc) is 2.69. The van der Waals surface area contributed by atoms with E-state index < -0.39 is 11.8 Å². The summed E-state index contributed by atoms with van der Waals surface area (Å²) < 4.78 is 15.1. The highest BCUT2D eigenvalue weighted by Crippen LogP contribution is 2.65. The molecule has 3 heteroatoms. The smallest absolute Gasteiger partial charge is 0.133 e. The van der Waals surface area contributed by atoms with Crippen molar-refractivity contribution in [2.24, 2.45) is 35.0 Å². The maximum Gasteiger partial charge on any atom is 0.133 e. The first-order chi connectivity index (χ1) is 10.3. The van der Waals surface area contributed by atoms with Gasteiger partial charge in [0.15, 0.2) is 0 Å². The fraction of sp³-hybridized carbons (Fsp3) is 0.947. The Morgan fingerprint density at radius 2 is 1.91 bits per heavy atom. The lowest BCUT2D eigenvalue weighted by molar-refractivity contribution is -0.147. The second-order valence-electron chi connectivity index (χ2n) is 9.07. The van der Waals surface area contributed by atoms with Crippen molar-refractivity contribution >= 4 is 5.78 Å². The van der Waals surface area contributed by atoms with Gasteiger partial charge in [0.2, 0.25) is 0 Å². The van der Waals surface area contributed by atoms with Crippen molar-refractivity contribution in [2.75, 3.05) is 0 Å². The summed E-state index contributed by atoms with van der Waals surface area (Å²) in [5, 5.41) is 10.8. The van der Waals surface area contributed by atoms with Crippen molar-refractivity contribution in [2.45, 2.75) is 77.0 Å². The second kappa shape index (κ2) is 4.78. The number of hydrogen-bond donors (Lipinski definition) is 1. The van der Waals surface area contributed by atoms with Crippen LogP contribution in [0.3, 0.4) is 0 Å². The molecule has 8 atom stereocenters. The number of carbonyl (C=O) groups excluding carboxylic acids is 1. The highest BCUT2D eigenvalue weighted by Gasteiger charge is 2.63. The van der Waals surface area contributed by atoms with Gasteiger partial charge in [-0.25, -0.2) is 4.39 Å². The minimum Gasteiger partial charge on any atom is -0.390 e. The minimum absolute atomic E-state index is 0.115. The van der Waals surface area contributed by atoms with Gasteiger partial charge in [-0.1, -0.05) is 6.92 Å². The van der Waals surface area contributed by atoms with Crippen LogP contribution in [0.4, 0.5) is 4.39 Å². The number of ketones is 1. The van der Waals surface area contributed by atoms with Gasteiger partial charge in [-0.05, 0) is 80.5 Å². The molecule has 4 fully saturated rings. The Kier molecular flexibility index (Phi) is 3.28. The molecule has 4 rings (SSSR count). The van der Waals surface area contributed by atoms with Gasteiger partial charge in [-0.2, -0.15) is 0 Å². The third-order valence-corrected chi connectivity index (χ3v) is 8.29. The molecule has 4 aliphatic carbocycles. The summed E-state index contributed by atoms with van der Waals surface area (Å²) in [6.07, 6.45) is 5.99. The maximum atomic E-state index is 15.1. The number of alkyl halides is 1. The van der Waals surface area contributed by atoms with E-state index in [1.807, 2.05) is 6.92 Å². The summed E-state index contributed by atoms with van der Waals surface area (Å²) in [5.74, 6) is 2.11. The van der Waals surface area contributed by atoms with E-state index in [-0.39, 0.29) is 11.3 Å². The van der Waals surface area contributed by atoms with Crippen LogP contribution in [0.5, 0.6) is 0 Å². The zero-order chi connectivity index (χ0) is 15.7. The first-order valence-corrected chi connectivity index (χ1v) is 9.21. The molecule has 4 aliphatic rings. The van der Waals surface area contributed by atoms with Gasteiger partial charge in [-0.3, -0.25) is 4.79 Å². The molecule has 0 bridgehead atoms. The van der Waals surface area contributed by atoms with Crippen LogP contribution in [0.2, 0.25) is 0 Å². The van der Waals surface area contributed by atoms with Crippen LogP contribution >= 0.6 is 0 Å². The number of fused-ring (bicyclic) bond motifs is 5. The molecule has 0 aromatic heterocycles. The number of Topliss-reactive ketones (excluding diaryl/α,β-unsaturated/α-hetero) is 1. The molecular weight excluding hydrogens is 279 g/mol. The maximum absolute atomic E-state index is 15.1. The normalized spacial score (nSPS) is 57.9. The molecule has 1 N–H and O–H groups in total. The largest absolute Gasteiger partial charge is 0.390 e. The van der Waals surface area contributed by atoms with Crippen LogP contribution in [-0.4, -0.2) is 22.7 Å². The Labute approximate surface area is 132 Å². The number of aliphatic hydroxyl groups is 1. The lowest BCUT2D eigenvalue weighted by Gasteiger charge is -2.57. The van der Waals surface area contributed by atoms with E-state index in [0.29, 0.717) is 48.7 Å². The van der Waals surface area contributed by atoms with Crippen LogP contribution in [-0.2, 0) is 4.79 Å². The minimum atomic E-state index is -0.768. The molecule has 0 spiro atoms. The van der Waals surface area contributed by atoms with E-state index in [4.69, 9.17) is 0 Å². The number of carbonyl (C=O) groups is 1. The van der Waals surface area contributed by atoms with Gasteiger partial charge in [-0.15, -0.1) is 0 Å². The summed E-state index contributed by atoms with van der Waals surface area (Å²) in [6, 6.07) is 0. The number of hydrogen-bond acceptors (Lipinski definition) is 2. The van der Waals surface area contributed by atoms with Gasteiger partial charge in [0.1, 0.15) is 12.0 Å². The fourth-order valence-corrected chi connectivity index (χ4v) is 6.87. The molecule has 2 nitrogen and oxygen atoms in total. The summed E-state index contributed by atoms with van der Waals surface area (Å²) in [6.45, 7) is 4.16. The van der Waals surface area contributed by atoms with Crippen molar-refractivity contribution in [1.29, 1.82) is 0 Å². The Balaban J connectivity index is 1.64. The molecule has 0 radical (unpaired) electrons. The molecule has 124 valence electrons. The highest BCUT2D eigenvalue weighted by atomic mass is 19.1. The van der Waals surface area contributed by atoms with Crippen molar-refractivity contribution in [3.05, 3.63) is 0 Å². The van der Waals surface area contributed by atoms with E-state index >= 15 is 4.39 Å². The highest BCUT2D eigenvalue weighted by molar-refractivity contribution is 5.79. The predicted octanol–water partition coefficient (Wildman–Crippen LogP) is 3.91. The molecule has 0 unspecified atom stereocenters. The van der Waals surface area contributed by atoms with E-state index in [1.54, 1.807) is 0 Å². The van der Waals surface area contributed by atoms with Crippen molar-refractivity contribution in [3.8, 4) is 0 Å². The summed E-state index contributed by atoms with van der Waals surface area (Å²) in [5.41, 5.74) is -0.752. The van der Waals surface area contributed by atoms with E-state index in [1.165, 1.54) is 0 Å². The molecule has 0 amide bonds. The van der Waals surface area contributed by atoms with Gasteiger partial charge in [0.05, 0.1) is 5.60 Å². The zero-order valence-corrected chi connectivity index (χ0v) is 13.9. The molecular formula is C19H29FO2. The molecule has 0 saturated heterocycles. The standard InChI is InChI=1S/C19H29FO2/c1-18-7-5-14-13-4-3-12(21)9-11(13)10-16(20)17(14)15(18)6-8-19(18,2)22/h11,13-17,22H,3-10H2,1-2H3/t11-,13+,14-,15+,16-,17-,18+,19+/m1/s1. The van der Waals surface area contributed by atoms with Crippen molar-refractivity contribution < 1.29 is 14.3 Å². The van der Waals surface area contributed by atoms with E-state index in [0.717, 1.165) is 32.1 Å². The number of rotatable bonds is 0. The van der Waals surface area contributed by atoms with Crippen molar-refractivity contribution in [3.63, 3.8) is 0 Å². The third kappa shape index (κ3) is 1.90. The van der Waals surface area contributed by atoms with Crippen LogP contribution in [0.1, 0.15) is 65.2 Å². The van der Waals surface area contributed by atoms with E-state index in [9.17, 15) is 9.90 Å². The summed E-state index contributed by atoms with van der Waals surface area (Å²) in [7, 11) is 0. The van der Waals surface area contributed by atoms with E-state index in [2.05, 4.69) is 6.92 Å². The zero-order valence-electron chi connectivity index (χ0n) is 13.9. The fourth-order valence-electron chi connectivity index (χ4n) is 6.87. The first-order valence-electron chi connectivity index (χ1n) is 9.21. The number of halogens is 1. The molecule has 4 saturated carbocycles.